The summed E-state index contributed by atoms with van der Waals surface area (Å²) in [5, 5.41) is 0. The second kappa shape index (κ2) is 7.17. The fraction of sp³-hybridized carbons (Fsp3) is 0.750. The summed E-state index contributed by atoms with van der Waals surface area (Å²) in [6.07, 6.45) is -0.512. The summed E-state index contributed by atoms with van der Waals surface area (Å²) < 4.78 is 26.2. The standard InChI is InChI=1S/C8H15N2O5P/c1-4-13-8(11)6-16(12,14-5-2)15-7(3)10-9/h4-6H2,1-3H3. The van der Waals surface area contributed by atoms with Gasteiger partial charge in [0.2, 0.25) is 0 Å². The van der Waals surface area contributed by atoms with Crippen LogP contribution in [-0.2, 0) is 23.1 Å². The van der Waals surface area contributed by atoms with E-state index in [1.807, 2.05) is 0 Å². The van der Waals surface area contributed by atoms with Gasteiger partial charge in [0.25, 0.3) is 0 Å². The van der Waals surface area contributed by atoms with Crippen molar-refractivity contribution in [3.63, 3.8) is 0 Å². The fourth-order valence-electron chi connectivity index (χ4n) is 0.885. The van der Waals surface area contributed by atoms with Crippen molar-refractivity contribution in [2.45, 2.75) is 20.8 Å². The SMILES string of the molecule is CCOC(=O)CP(=O)(OCC)OC(C)=[N+]=[N-]. The molecule has 0 N–H and O–H groups in total. The van der Waals surface area contributed by atoms with Gasteiger partial charge in [0.1, 0.15) is 0 Å². The quantitative estimate of drug-likeness (QED) is 0.177. The van der Waals surface area contributed by atoms with Gasteiger partial charge in [-0.25, -0.2) is 4.57 Å². The largest absolute Gasteiger partial charge is 0.465 e. The highest BCUT2D eigenvalue weighted by Crippen LogP contribution is 2.48. The summed E-state index contributed by atoms with van der Waals surface area (Å²) in [4.78, 5) is 13.8. The van der Waals surface area contributed by atoms with Crippen LogP contribution in [-0.4, -0.2) is 36.0 Å². The molecular formula is C8H15N2O5P. The summed E-state index contributed by atoms with van der Waals surface area (Å²) in [6, 6.07) is 0. The Labute approximate surface area is 93.8 Å². The molecule has 0 fully saturated rings. The molecule has 0 aromatic rings. The minimum Gasteiger partial charge on any atom is -0.465 e. The molecule has 0 heterocycles. The van der Waals surface area contributed by atoms with Gasteiger partial charge in [-0.15, -0.1) is 4.79 Å². The lowest BCUT2D eigenvalue weighted by molar-refractivity contribution is -0.140. The van der Waals surface area contributed by atoms with Crippen LogP contribution in [0.3, 0.4) is 0 Å². The lowest BCUT2D eigenvalue weighted by Gasteiger charge is -2.14. The number of rotatable bonds is 6. The second-order valence-corrected chi connectivity index (χ2v) is 4.68. The summed E-state index contributed by atoms with van der Waals surface area (Å²) in [6.45, 7) is 4.81. The molecule has 1 atom stereocenters. The molecule has 1 unspecified atom stereocenters. The smallest absolute Gasteiger partial charge is 0.453 e. The molecule has 0 spiro atoms. The Morgan fingerprint density at radius 2 is 2.00 bits per heavy atom. The van der Waals surface area contributed by atoms with Crippen molar-refractivity contribution in [3.8, 4) is 0 Å². The lowest BCUT2D eigenvalue weighted by atomic mass is 10.8. The summed E-state index contributed by atoms with van der Waals surface area (Å²) in [5.41, 5.74) is 8.37. The van der Waals surface area contributed by atoms with Gasteiger partial charge in [0, 0.05) is 0 Å². The zero-order valence-corrected chi connectivity index (χ0v) is 10.4. The molecule has 7 nitrogen and oxygen atoms in total. The molecule has 0 amide bonds. The molecule has 16 heavy (non-hydrogen) atoms. The summed E-state index contributed by atoms with van der Waals surface area (Å²) >= 11 is 0. The van der Waals surface area contributed by atoms with E-state index in [1.54, 1.807) is 13.8 Å². The van der Waals surface area contributed by atoms with Crippen molar-refractivity contribution in [2.75, 3.05) is 19.4 Å². The number of carbonyl (C=O) groups excluding carboxylic acids is 1. The van der Waals surface area contributed by atoms with E-state index in [0.29, 0.717) is 0 Å². The van der Waals surface area contributed by atoms with Crippen LogP contribution in [0.25, 0.3) is 5.53 Å². The second-order valence-electron chi connectivity index (χ2n) is 2.70. The van der Waals surface area contributed by atoms with Crippen LogP contribution in [0.5, 0.6) is 0 Å². The average Bonchev–Trinajstić information content (AvgIpc) is 2.17. The van der Waals surface area contributed by atoms with Gasteiger partial charge in [0.05, 0.1) is 20.1 Å². The predicted octanol–water partition coefficient (Wildman–Crippen LogP) is 1.44. The highest BCUT2D eigenvalue weighted by molar-refractivity contribution is 7.55. The number of nitrogens with zero attached hydrogens (tertiary/aromatic N) is 2. The first-order valence-electron chi connectivity index (χ1n) is 4.75. The number of hydrogen-bond acceptors (Lipinski definition) is 5. The van der Waals surface area contributed by atoms with Gasteiger partial charge in [0.15, 0.2) is 6.16 Å². The number of ether oxygens (including phenoxy) is 1. The van der Waals surface area contributed by atoms with E-state index in [9.17, 15) is 9.36 Å². The van der Waals surface area contributed by atoms with E-state index in [4.69, 9.17) is 14.6 Å². The van der Waals surface area contributed by atoms with E-state index in [-0.39, 0.29) is 19.1 Å². The Balaban J connectivity index is 4.62. The maximum absolute atomic E-state index is 11.9. The number of esters is 1. The van der Waals surface area contributed by atoms with Gasteiger partial charge in [-0.3, -0.25) is 9.32 Å². The van der Waals surface area contributed by atoms with Crippen molar-refractivity contribution in [1.82, 2.24) is 0 Å². The van der Waals surface area contributed by atoms with Crippen molar-refractivity contribution in [2.24, 2.45) is 0 Å². The van der Waals surface area contributed by atoms with Crippen molar-refractivity contribution in [3.05, 3.63) is 5.53 Å². The van der Waals surface area contributed by atoms with Crippen molar-refractivity contribution in [1.29, 1.82) is 0 Å². The first-order chi connectivity index (χ1) is 7.47. The lowest BCUT2D eigenvalue weighted by Crippen LogP contribution is -2.14. The van der Waals surface area contributed by atoms with E-state index >= 15 is 0 Å². The monoisotopic (exact) mass is 250 g/mol. The third-order valence-corrected chi connectivity index (χ3v) is 3.21. The molecule has 0 rings (SSSR count). The first-order valence-corrected chi connectivity index (χ1v) is 6.47. The van der Waals surface area contributed by atoms with Crippen LogP contribution < -0.4 is 0 Å². The molecule has 0 aliphatic heterocycles. The molecule has 0 aliphatic carbocycles. The normalized spacial score (nSPS) is 13.4. The Hall–Kier alpha value is -1.16. The Bertz CT molecular complexity index is 337. The van der Waals surface area contributed by atoms with E-state index < -0.39 is 19.7 Å². The number of carbonyl (C=O) groups is 1. The van der Waals surface area contributed by atoms with Gasteiger partial charge in [-0.2, -0.15) is 0 Å². The fourth-order valence-corrected chi connectivity index (χ4v) is 2.33. The Morgan fingerprint density at radius 1 is 1.38 bits per heavy atom. The first kappa shape index (κ1) is 14.8. The van der Waals surface area contributed by atoms with E-state index in [1.165, 1.54) is 6.92 Å². The van der Waals surface area contributed by atoms with Gasteiger partial charge in [-0.05, 0) is 13.8 Å². The van der Waals surface area contributed by atoms with E-state index in [2.05, 4.69) is 9.53 Å². The van der Waals surface area contributed by atoms with E-state index in [0.717, 1.165) is 0 Å². The average molecular weight is 250 g/mol. The molecular weight excluding hydrogens is 235 g/mol. The molecule has 92 valence electrons. The molecule has 0 bridgehead atoms. The van der Waals surface area contributed by atoms with Crippen LogP contribution in [0.1, 0.15) is 20.8 Å². The van der Waals surface area contributed by atoms with Gasteiger partial charge < -0.3 is 14.8 Å². The molecule has 0 aromatic carbocycles. The third-order valence-electron chi connectivity index (χ3n) is 1.37. The maximum Gasteiger partial charge on any atom is 0.453 e. The topological polar surface area (TPSA) is 98.2 Å². The zero-order valence-electron chi connectivity index (χ0n) is 9.50. The van der Waals surface area contributed by atoms with Gasteiger partial charge in [-0.1, -0.05) is 0 Å². The zero-order chi connectivity index (χ0) is 12.6. The molecule has 8 heteroatoms. The Morgan fingerprint density at radius 3 is 2.44 bits per heavy atom. The molecule has 0 radical (unpaired) electrons. The van der Waals surface area contributed by atoms with Gasteiger partial charge >= 0.3 is 19.5 Å². The van der Waals surface area contributed by atoms with Crippen molar-refractivity contribution >= 4 is 19.5 Å². The maximum atomic E-state index is 11.9. The predicted molar refractivity (Wildman–Crippen MR) is 56.1 cm³/mol. The minimum absolute atomic E-state index is 0.107. The third kappa shape index (κ3) is 5.66. The van der Waals surface area contributed by atoms with Crippen LogP contribution in [0, 0.1) is 0 Å². The highest BCUT2D eigenvalue weighted by atomic mass is 31.2. The van der Waals surface area contributed by atoms with Crippen LogP contribution in [0.2, 0.25) is 0 Å². The van der Waals surface area contributed by atoms with Crippen LogP contribution >= 0.6 is 7.60 Å². The summed E-state index contributed by atoms with van der Waals surface area (Å²) in [5.74, 6) is -0.925. The summed E-state index contributed by atoms with van der Waals surface area (Å²) in [7, 11) is -3.64. The molecule has 0 saturated carbocycles. The molecule has 0 aromatic heterocycles. The number of hydrogen-bond donors (Lipinski definition) is 0. The minimum atomic E-state index is -3.64. The Kier molecular flexibility index (Phi) is 6.65. The van der Waals surface area contributed by atoms with Crippen molar-refractivity contribution < 1.29 is 27.9 Å². The molecule has 0 aliphatic rings. The molecule has 0 saturated heterocycles. The van der Waals surface area contributed by atoms with Crippen LogP contribution in [0.15, 0.2) is 0 Å². The highest BCUT2D eigenvalue weighted by Gasteiger charge is 2.32. The van der Waals surface area contributed by atoms with Crippen LogP contribution in [0.4, 0.5) is 0 Å².